The molecular formula is C28H40N4O2. The largest absolute Gasteiger partial charge is 0.300 e. The quantitative estimate of drug-likeness (QED) is 0.314. The highest BCUT2D eigenvalue weighted by molar-refractivity contribution is 5.90. The SMILES string of the molecule is CCN(CC)Cc1cccc(CN2C[C@@H](C)N(Cc3ccc(/C=C/C(=O)NO)cc3)[C@@H](C)C2)c1. The molecule has 1 heterocycles. The Labute approximate surface area is 204 Å². The summed E-state index contributed by atoms with van der Waals surface area (Å²) in [6.07, 6.45) is 3.01. The van der Waals surface area contributed by atoms with Gasteiger partial charge in [0.2, 0.25) is 0 Å². The van der Waals surface area contributed by atoms with Crippen molar-refractivity contribution in [1.29, 1.82) is 0 Å². The van der Waals surface area contributed by atoms with E-state index in [1.54, 1.807) is 11.6 Å². The van der Waals surface area contributed by atoms with Gasteiger partial charge >= 0.3 is 0 Å². The summed E-state index contributed by atoms with van der Waals surface area (Å²) in [5.74, 6) is -0.528. The summed E-state index contributed by atoms with van der Waals surface area (Å²) >= 11 is 0. The van der Waals surface area contributed by atoms with Crippen molar-refractivity contribution in [1.82, 2.24) is 20.2 Å². The summed E-state index contributed by atoms with van der Waals surface area (Å²) in [7, 11) is 0. The standard InChI is InChI=1S/C28H40N4O2/c1-5-30(6-2)19-26-8-7-9-27(16-26)20-31-17-22(3)32(23(4)18-31)21-25-12-10-24(11-13-25)14-15-28(33)29-34/h7-16,22-23,34H,5-6,17-21H2,1-4H3,(H,29,33)/b15-14+/t22-,23+. The number of hydrogen-bond donors (Lipinski definition) is 2. The van der Waals surface area contributed by atoms with Gasteiger partial charge in [0, 0.05) is 50.9 Å². The van der Waals surface area contributed by atoms with E-state index < -0.39 is 5.91 Å². The predicted octanol–water partition coefficient (Wildman–Crippen LogP) is 4.14. The molecule has 1 saturated heterocycles. The van der Waals surface area contributed by atoms with Crippen LogP contribution in [0.1, 0.15) is 49.9 Å². The number of hydroxylamine groups is 1. The van der Waals surface area contributed by atoms with Crippen LogP contribution in [0.4, 0.5) is 0 Å². The first-order valence-corrected chi connectivity index (χ1v) is 12.4. The van der Waals surface area contributed by atoms with E-state index in [2.05, 4.69) is 78.8 Å². The second-order valence-corrected chi connectivity index (χ2v) is 9.40. The van der Waals surface area contributed by atoms with Crippen LogP contribution in [0.3, 0.4) is 0 Å². The molecule has 1 aliphatic rings. The summed E-state index contributed by atoms with van der Waals surface area (Å²) in [5.41, 5.74) is 6.60. The fourth-order valence-electron chi connectivity index (χ4n) is 4.85. The van der Waals surface area contributed by atoms with Crippen LogP contribution in [0.5, 0.6) is 0 Å². The average Bonchev–Trinajstić information content (AvgIpc) is 2.84. The highest BCUT2D eigenvalue weighted by Crippen LogP contribution is 2.21. The van der Waals surface area contributed by atoms with Crippen LogP contribution >= 0.6 is 0 Å². The molecule has 1 amide bonds. The van der Waals surface area contributed by atoms with Crippen LogP contribution in [0, 0.1) is 0 Å². The number of amides is 1. The molecule has 2 atom stereocenters. The van der Waals surface area contributed by atoms with Crippen molar-refractivity contribution in [2.45, 2.75) is 59.4 Å². The summed E-state index contributed by atoms with van der Waals surface area (Å²) in [6.45, 7) is 16.3. The van der Waals surface area contributed by atoms with Gasteiger partial charge in [-0.1, -0.05) is 62.4 Å². The van der Waals surface area contributed by atoms with Crippen LogP contribution in [-0.2, 0) is 24.4 Å². The Hall–Kier alpha value is -2.51. The van der Waals surface area contributed by atoms with Crippen LogP contribution in [0.15, 0.2) is 54.6 Å². The average molecular weight is 465 g/mol. The molecule has 1 fully saturated rings. The van der Waals surface area contributed by atoms with E-state index in [4.69, 9.17) is 5.21 Å². The van der Waals surface area contributed by atoms with Gasteiger partial charge in [-0.25, -0.2) is 5.48 Å². The summed E-state index contributed by atoms with van der Waals surface area (Å²) in [4.78, 5) is 18.8. The fourth-order valence-corrected chi connectivity index (χ4v) is 4.85. The van der Waals surface area contributed by atoms with Gasteiger partial charge in [-0.3, -0.25) is 24.7 Å². The number of carbonyl (C=O) groups is 1. The third-order valence-electron chi connectivity index (χ3n) is 6.76. The lowest BCUT2D eigenvalue weighted by molar-refractivity contribution is -0.124. The van der Waals surface area contributed by atoms with Crippen LogP contribution in [0.2, 0.25) is 0 Å². The molecule has 0 bridgehead atoms. The van der Waals surface area contributed by atoms with Crippen molar-refractivity contribution in [3.63, 3.8) is 0 Å². The van der Waals surface area contributed by atoms with Gasteiger partial charge < -0.3 is 0 Å². The topological polar surface area (TPSA) is 59.0 Å². The third-order valence-corrected chi connectivity index (χ3v) is 6.76. The van der Waals surface area contributed by atoms with Crippen molar-refractivity contribution in [2.24, 2.45) is 0 Å². The molecule has 0 aromatic heterocycles. The fraction of sp³-hybridized carbons (Fsp3) is 0.464. The Morgan fingerprint density at radius 3 is 2.26 bits per heavy atom. The van der Waals surface area contributed by atoms with Crippen molar-refractivity contribution in [3.8, 4) is 0 Å². The van der Waals surface area contributed by atoms with Gasteiger partial charge in [-0.15, -0.1) is 0 Å². The van der Waals surface area contributed by atoms with Gasteiger partial charge in [0.05, 0.1) is 0 Å². The molecule has 34 heavy (non-hydrogen) atoms. The lowest BCUT2D eigenvalue weighted by atomic mass is 10.0. The van der Waals surface area contributed by atoms with E-state index in [0.717, 1.165) is 51.4 Å². The lowest BCUT2D eigenvalue weighted by Gasteiger charge is -2.44. The third kappa shape index (κ3) is 7.50. The normalized spacial score (nSPS) is 19.7. The molecule has 2 aromatic rings. The number of rotatable bonds is 10. The Kier molecular flexibility index (Phi) is 9.84. The minimum atomic E-state index is -0.528. The minimum absolute atomic E-state index is 0.468. The van der Waals surface area contributed by atoms with Gasteiger partial charge in [0.1, 0.15) is 0 Å². The predicted molar refractivity (Wildman–Crippen MR) is 138 cm³/mol. The number of nitrogens with one attached hydrogen (secondary N) is 1. The number of hydrogen-bond acceptors (Lipinski definition) is 5. The molecule has 6 heteroatoms. The zero-order valence-electron chi connectivity index (χ0n) is 21.1. The maximum Gasteiger partial charge on any atom is 0.267 e. The first kappa shape index (κ1) is 26.1. The molecule has 0 aliphatic carbocycles. The van der Waals surface area contributed by atoms with Gasteiger partial charge in [-0.2, -0.15) is 0 Å². The first-order chi connectivity index (χ1) is 16.4. The molecule has 2 aromatic carbocycles. The molecule has 0 spiro atoms. The molecule has 3 rings (SSSR count). The molecule has 1 aliphatic heterocycles. The summed E-state index contributed by atoms with van der Waals surface area (Å²) in [5, 5.41) is 8.59. The second kappa shape index (κ2) is 12.8. The molecule has 2 N–H and O–H groups in total. The summed E-state index contributed by atoms with van der Waals surface area (Å²) in [6, 6.07) is 18.3. The van der Waals surface area contributed by atoms with Crippen LogP contribution in [-0.4, -0.2) is 64.1 Å². The maximum absolute atomic E-state index is 11.2. The number of nitrogens with zero attached hydrogens (tertiary/aromatic N) is 3. The number of carbonyl (C=O) groups excluding carboxylic acids is 1. The zero-order chi connectivity index (χ0) is 24.5. The van der Waals surface area contributed by atoms with E-state index in [9.17, 15) is 4.79 Å². The zero-order valence-corrected chi connectivity index (χ0v) is 21.1. The van der Waals surface area contributed by atoms with E-state index in [0.29, 0.717) is 12.1 Å². The van der Waals surface area contributed by atoms with Crippen molar-refractivity contribution in [2.75, 3.05) is 26.2 Å². The lowest BCUT2D eigenvalue weighted by Crippen LogP contribution is -2.55. The Morgan fingerprint density at radius 2 is 1.65 bits per heavy atom. The maximum atomic E-state index is 11.2. The van der Waals surface area contributed by atoms with E-state index >= 15 is 0 Å². The van der Waals surface area contributed by atoms with Gasteiger partial charge in [0.15, 0.2) is 0 Å². The van der Waals surface area contributed by atoms with Crippen LogP contribution in [0.25, 0.3) is 6.08 Å². The van der Waals surface area contributed by atoms with Crippen molar-refractivity contribution >= 4 is 12.0 Å². The van der Waals surface area contributed by atoms with Gasteiger partial charge in [0.25, 0.3) is 5.91 Å². The Balaban J connectivity index is 1.56. The molecule has 0 radical (unpaired) electrons. The number of benzene rings is 2. The smallest absolute Gasteiger partial charge is 0.267 e. The summed E-state index contributed by atoms with van der Waals surface area (Å²) < 4.78 is 0. The molecular weight excluding hydrogens is 424 g/mol. The second-order valence-electron chi connectivity index (χ2n) is 9.40. The molecule has 0 unspecified atom stereocenters. The minimum Gasteiger partial charge on any atom is -0.300 e. The monoisotopic (exact) mass is 464 g/mol. The highest BCUT2D eigenvalue weighted by Gasteiger charge is 2.29. The highest BCUT2D eigenvalue weighted by atomic mass is 16.5. The van der Waals surface area contributed by atoms with Crippen LogP contribution < -0.4 is 5.48 Å². The number of piperazine rings is 1. The van der Waals surface area contributed by atoms with Crippen molar-refractivity contribution < 1.29 is 10.0 Å². The Bertz CT molecular complexity index is 928. The molecule has 6 nitrogen and oxygen atoms in total. The van der Waals surface area contributed by atoms with Crippen molar-refractivity contribution in [3.05, 3.63) is 76.9 Å². The van der Waals surface area contributed by atoms with E-state index in [-0.39, 0.29) is 0 Å². The first-order valence-electron chi connectivity index (χ1n) is 12.4. The molecule has 0 saturated carbocycles. The van der Waals surface area contributed by atoms with E-state index in [1.165, 1.54) is 22.8 Å². The van der Waals surface area contributed by atoms with E-state index in [1.807, 2.05) is 12.1 Å². The molecule has 184 valence electrons. The Morgan fingerprint density at radius 1 is 1.00 bits per heavy atom. The van der Waals surface area contributed by atoms with Gasteiger partial charge in [-0.05, 0) is 55.3 Å².